The van der Waals surface area contributed by atoms with Crippen molar-refractivity contribution in [3.05, 3.63) is 12.2 Å². The first-order valence-corrected chi connectivity index (χ1v) is 6.71. The topological polar surface area (TPSA) is 66.8 Å². The van der Waals surface area contributed by atoms with Gasteiger partial charge in [-0.3, -0.25) is 0 Å². The van der Waals surface area contributed by atoms with Crippen LogP contribution in [0, 0.1) is 23.7 Å². The summed E-state index contributed by atoms with van der Waals surface area (Å²) < 4.78 is 5.47. The van der Waals surface area contributed by atoms with E-state index in [1.54, 1.807) is 6.92 Å². The van der Waals surface area contributed by atoms with E-state index >= 15 is 0 Å². The van der Waals surface area contributed by atoms with E-state index in [0.29, 0.717) is 23.8 Å². The van der Waals surface area contributed by atoms with Crippen molar-refractivity contribution in [3.8, 4) is 0 Å². The average Bonchev–Trinajstić information content (AvgIpc) is 2.92. The number of rotatable bonds is 2. The number of carbonyl (C=O) groups is 1. The maximum absolute atomic E-state index is 11.6. The maximum Gasteiger partial charge on any atom is 0.333 e. The van der Waals surface area contributed by atoms with Crippen molar-refractivity contribution in [3.63, 3.8) is 0 Å². The van der Waals surface area contributed by atoms with Gasteiger partial charge >= 0.3 is 5.97 Å². The van der Waals surface area contributed by atoms with Gasteiger partial charge < -0.3 is 14.9 Å². The zero-order chi connectivity index (χ0) is 13.0. The van der Waals surface area contributed by atoms with Crippen LogP contribution in [0.4, 0.5) is 0 Å². The van der Waals surface area contributed by atoms with Gasteiger partial charge in [0.05, 0.1) is 12.2 Å². The van der Waals surface area contributed by atoms with E-state index < -0.39 is 12.2 Å². The van der Waals surface area contributed by atoms with Crippen molar-refractivity contribution in [1.29, 1.82) is 0 Å². The van der Waals surface area contributed by atoms with Crippen LogP contribution < -0.4 is 0 Å². The highest BCUT2D eigenvalue weighted by Gasteiger charge is 2.60. The van der Waals surface area contributed by atoms with Crippen LogP contribution in [-0.4, -0.2) is 34.5 Å². The molecule has 4 nitrogen and oxygen atoms in total. The van der Waals surface area contributed by atoms with Crippen molar-refractivity contribution < 1.29 is 19.7 Å². The van der Waals surface area contributed by atoms with Gasteiger partial charge in [-0.05, 0) is 43.9 Å². The van der Waals surface area contributed by atoms with Crippen LogP contribution in [0.15, 0.2) is 12.2 Å². The number of carbonyl (C=O) groups excluding carboxylic acids is 1. The first-order chi connectivity index (χ1) is 8.49. The molecule has 2 bridgehead atoms. The Kier molecular flexibility index (Phi) is 2.75. The Hall–Kier alpha value is -0.870. The molecule has 0 heterocycles. The highest BCUT2D eigenvalue weighted by molar-refractivity contribution is 5.87. The second-order valence-electron chi connectivity index (χ2n) is 6.15. The Morgan fingerprint density at radius 3 is 2.61 bits per heavy atom. The summed E-state index contributed by atoms with van der Waals surface area (Å²) in [5.74, 6) is 0.906. The smallest absolute Gasteiger partial charge is 0.333 e. The summed E-state index contributed by atoms with van der Waals surface area (Å²) in [5, 5.41) is 19.8. The van der Waals surface area contributed by atoms with Crippen molar-refractivity contribution >= 4 is 5.97 Å². The Labute approximate surface area is 107 Å². The number of esters is 1. The summed E-state index contributed by atoms with van der Waals surface area (Å²) in [5.41, 5.74) is 0.418. The lowest BCUT2D eigenvalue weighted by molar-refractivity contribution is -0.149. The molecule has 3 fully saturated rings. The average molecular weight is 252 g/mol. The fraction of sp³-hybridized carbons (Fsp3) is 0.786. The van der Waals surface area contributed by atoms with Gasteiger partial charge in [-0.25, -0.2) is 4.79 Å². The van der Waals surface area contributed by atoms with Gasteiger partial charge in [0.1, 0.15) is 6.10 Å². The molecule has 0 spiro atoms. The summed E-state index contributed by atoms with van der Waals surface area (Å²) >= 11 is 0. The van der Waals surface area contributed by atoms with E-state index in [4.69, 9.17) is 4.74 Å². The van der Waals surface area contributed by atoms with Gasteiger partial charge in [-0.2, -0.15) is 0 Å². The number of hydrogen-bond acceptors (Lipinski definition) is 4. The lowest BCUT2D eigenvalue weighted by Gasteiger charge is -2.32. The molecule has 3 aliphatic rings. The van der Waals surface area contributed by atoms with Crippen LogP contribution in [0.5, 0.6) is 0 Å². The first kappa shape index (κ1) is 12.2. The van der Waals surface area contributed by atoms with E-state index in [2.05, 4.69) is 6.58 Å². The fourth-order valence-electron chi connectivity index (χ4n) is 4.36. The molecule has 7 unspecified atom stereocenters. The number of aliphatic hydroxyl groups is 2. The van der Waals surface area contributed by atoms with Gasteiger partial charge in [-0.1, -0.05) is 6.58 Å². The highest BCUT2D eigenvalue weighted by Crippen LogP contribution is 2.59. The van der Waals surface area contributed by atoms with E-state index in [0.717, 1.165) is 12.8 Å². The zero-order valence-electron chi connectivity index (χ0n) is 10.6. The minimum atomic E-state index is -0.642. The van der Waals surface area contributed by atoms with Crippen LogP contribution >= 0.6 is 0 Å². The molecule has 0 aliphatic heterocycles. The van der Waals surface area contributed by atoms with Crippen molar-refractivity contribution in [2.24, 2.45) is 23.7 Å². The fourth-order valence-corrected chi connectivity index (χ4v) is 4.36. The SMILES string of the molecule is C=C(C)C(=O)OC1CC2CC1C1C(O)C(O)CC21. The standard InChI is InChI=1S/C14H20O4/c1-6(2)14(17)18-11-4-7-3-9(11)12-8(7)5-10(15)13(12)16/h7-13,15-16H,1,3-5H2,2H3. The predicted octanol–water partition coefficient (Wildman–Crippen LogP) is 0.872. The molecule has 100 valence electrons. The third-order valence-corrected chi connectivity index (χ3v) is 5.09. The van der Waals surface area contributed by atoms with Crippen LogP contribution in [-0.2, 0) is 9.53 Å². The largest absolute Gasteiger partial charge is 0.459 e. The molecule has 0 amide bonds. The predicted molar refractivity (Wildman–Crippen MR) is 64.5 cm³/mol. The van der Waals surface area contributed by atoms with Gasteiger partial charge in [-0.15, -0.1) is 0 Å². The number of ether oxygens (including phenoxy) is 1. The van der Waals surface area contributed by atoms with Crippen molar-refractivity contribution in [1.82, 2.24) is 0 Å². The highest BCUT2D eigenvalue weighted by atomic mass is 16.5. The molecule has 0 saturated heterocycles. The molecule has 0 aromatic rings. The van der Waals surface area contributed by atoms with E-state index in [9.17, 15) is 15.0 Å². The van der Waals surface area contributed by atoms with E-state index in [-0.39, 0.29) is 23.9 Å². The van der Waals surface area contributed by atoms with E-state index in [1.165, 1.54) is 0 Å². The third-order valence-electron chi connectivity index (χ3n) is 5.09. The van der Waals surface area contributed by atoms with E-state index in [1.807, 2.05) is 0 Å². The summed E-state index contributed by atoms with van der Waals surface area (Å²) in [6, 6.07) is 0. The molecule has 18 heavy (non-hydrogen) atoms. The Balaban J connectivity index is 1.72. The van der Waals surface area contributed by atoms with Gasteiger partial charge in [0.2, 0.25) is 0 Å². The molecule has 3 rings (SSSR count). The molecular weight excluding hydrogens is 232 g/mol. The van der Waals surface area contributed by atoms with Crippen molar-refractivity contribution in [2.75, 3.05) is 0 Å². The molecule has 7 atom stereocenters. The minimum Gasteiger partial charge on any atom is -0.459 e. The number of aliphatic hydroxyl groups excluding tert-OH is 2. The Morgan fingerprint density at radius 2 is 1.94 bits per heavy atom. The van der Waals surface area contributed by atoms with Crippen molar-refractivity contribution in [2.45, 2.75) is 44.5 Å². The third kappa shape index (κ3) is 1.62. The lowest BCUT2D eigenvalue weighted by atomic mass is 9.79. The quantitative estimate of drug-likeness (QED) is 0.565. The number of hydrogen-bond donors (Lipinski definition) is 2. The lowest BCUT2D eigenvalue weighted by Crippen LogP contribution is -2.38. The zero-order valence-corrected chi connectivity index (χ0v) is 10.6. The van der Waals surface area contributed by atoms with Crippen LogP contribution in [0.3, 0.4) is 0 Å². The molecule has 3 aliphatic carbocycles. The molecule has 0 aromatic heterocycles. The van der Waals surface area contributed by atoms with Gasteiger partial charge in [0.15, 0.2) is 0 Å². The summed E-state index contributed by atoms with van der Waals surface area (Å²) in [7, 11) is 0. The normalized spacial score (nSPS) is 49.2. The molecular formula is C14H20O4. The second kappa shape index (κ2) is 4.07. The molecule has 3 saturated carbocycles. The van der Waals surface area contributed by atoms with Gasteiger partial charge in [0, 0.05) is 11.5 Å². The summed E-state index contributed by atoms with van der Waals surface area (Å²) in [6.45, 7) is 5.23. The maximum atomic E-state index is 11.6. The minimum absolute atomic E-state index is 0.0969. The summed E-state index contributed by atoms with van der Waals surface area (Å²) in [4.78, 5) is 11.6. The monoisotopic (exact) mass is 252 g/mol. The Morgan fingerprint density at radius 1 is 1.22 bits per heavy atom. The summed E-state index contributed by atoms with van der Waals surface area (Å²) in [6.07, 6.45) is 1.27. The van der Waals surface area contributed by atoms with Crippen LogP contribution in [0.1, 0.15) is 26.2 Å². The first-order valence-electron chi connectivity index (χ1n) is 6.71. The van der Waals surface area contributed by atoms with Gasteiger partial charge in [0.25, 0.3) is 0 Å². The molecule has 4 heteroatoms. The molecule has 0 aromatic carbocycles. The van der Waals surface area contributed by atoms with Crippen LogP contribution in [0.25, 0.3) is 0 Å². The number of fused-ring (bicyclic) bond motifs is 5. The van der Waals surface area contributed by atoms with Crippen LogP contribution in [0.2, 0.25) is 0 Å². The molecule has 2 N–H and O–H groups in total. The molecule has 0 radical (unpaired) electrons. The Bertz CT molecular complexity index is 391. The second-order valence-corrected chi connectivity index (χ2v) is 6.15.